The Morgan fingerprint density at radius 3 is 1.20 bits per heavy atom. The van der Waals surface area contributed by atoms with E-state index < -0.39 is 23.7 Å². The minimum Gasteiger partial charge on any atom is -0.369 e. The quantitative estimate of drug-likeness (QED) is 0.165. The summed E-state index contributed by atoms with van der Waals surface area (Å²) in [5.74, 6) is -1.65. The van der Waals surface area contributed by atoms with Crippen LogP contribution in [0.1, 0.15) is 136 Å². The summed E-state index contributed by atoms with van der Waals surface area (Å²) in [7, 11) is 0. The molecule has 0 aliphatic rings. The van der Waals surface area contributed by atoms with Crippen LogP contribution in [-0.4, -0.2) is 17.6 Å². The Morgan fingerprint density at radius 1 is 0.567 bits per heavy atom. The SMILES string of the molecule is CCCCCCCCCCC(CCCCCCCCCC)(C(N)=O)C(=O)CC(N)=O. The molecule has 0 aliphatic carbocycles. The van der Waals surface area contributed by atoms with E-state index in [1.165, 1.54) is 64.2 Å². The predicted octanol–water partition coefficient (Wildman–Crippen LogP) is 5.96. The summed E-state index contributed by atoms with van der Waals surface area (Å²) in [6, 6.07) is 0. The van der Waals surface area contributed by atoms with Crippen molar-refractivity contribution in [2.45, 2.75) is 136 Å². The van der Waals surface area contributed by atoms with Crippen LogP contribution < -0.4 is 11.5 Å². The minimum absolute atomic E-state index is 0.381. The van der Waals surface area contributed by atoms with Gasteiger partial charge in [-0.15, -0.1) is 0 Å². The first-order chi connectivity index (χ1) is 14.4. The second kappa shape index (κ2) is 18.4. The summed E-state index contributed by atoms with van der Waals surface area (Å²) in [5, 5.41) is 0. The van der Waals surface area contributed by atoms with Gasteiger partial charge in [-0.1, -0.05) is 117 Å². The second-order valence-corrected chi connectivity index (χ2v) is 8.96. The molecule has 0 fully saturated rings. The number of hydrogen-bond donors (Lipinski definition) is 2. The van der Waals surface area contributed by atoms with Gasteiger partial charge in [-0.3, -0.25) is 14.4 Å². The fourth-order valence-corrected chi connectivity index (χ4v) is 4.24. The van der Waals surface area contributed by atoms with E-state index in [9.17, 15) is 14.4 Å². The molecule has 0 heterocycles. The van der Waals surface area contributed by atoms with Crippen LogP contribution in [0, 0.1) is 5.41 Å². The second-order valence-electron chi connectivity index (χ2n) is 8.96. The van der Waals surface area contributed by atoms with Gasteiger partial charge in [0.15, 0.2) is 5.78 Å². The normalized spacial score (nSPS) is 11.5. The van der Waals surface area contributed by atoms with Crippen LogP contribution in [0.4, 0.5) is 0 Å². The highest BCUT2D eigenvalue weighted by Crippen LogP contribution is 2.34. The molecule has 0 aromatic heterocycles. The molecule has 5 nitrogen and oxygen atoms in total. The van der Waals surface area contributed by atoms with Crippen LogP contribution in [0.3, 0.4) is 0 Å². The average Bonchev–Trinajstić information content (AvgIpc) is 2.69. The van der Waals surface area contributed by atoms with Crippen LogP contribution in [0.5, 0.6) is 0 Å². The molecule has 4 N–H and O–H groups in total. The maximum Gasteiger partial charge on any atom is 0.231 e. The zero-order valence-electron chi connectivity index (χ0n) is 19.8. The summed E-state index contributed by atoms with van der Waals surface area (Å²) in [4.78, 5) is 36.5. The van der Waals surface area contributed by atoms with Crippen molar-refractivity contribution in [2.24, 2.45) is 16.9 Å². The van der Waals surface area contributed by atoms with Crippen molar-refractivity contribution >= 4 is 17.6 Å². The zero-order chi connectivity index (χ0) is 22.7. The summed E-state index contributed by atoms with van der Waals surface area (Å²) in [5.41, 5.74) is 9.75. The molecule has 0 bridgehead atoms. The smallest absolute Gasteiger partial charge is 0.231 e. The van der Waals surface area contributed by atoms with E-state index in [1.54, 1.807) is 0 Å². The Bertz CT molecular complexity index is 457. The van der Waals surface area contributed by atoms with Crippen LogP contribution in [0.15, 0.2) is 0 Å². The number of amides is 2. The van der Waals surface area contributed by atoms with Crippen molar-refractivity contribution in [3.8, 4) is 0 Å². The number of carbonyl (C=O) groups excluding carboxylic acids is 3. The van der Waals surface area contributed by atoms with Gasteiger partial charge < -0.3 is 11.5 Å². The molecule has 5 heteroatoms. The van der Waals surface area contributed by atoms with Gasteiger partial charge in [0.1, 0.15) is 5.41 Å². The van der Waals surface area contributed by atoms with E-state index in [4.69, 9.17) is 11.5 Å². The first-order valence-corrected chi connectivity index (χ1v) is 12.5. The topological polar surface area (TPSA) is 103 Å². The molecule has 0 aromatic carbocycles. The van der Waals surface area contributed by atoms with Crippen LogP contribution >= 0.6 is 0 Å². The van der Waals surface area contributed by atoms with E-state index in [1.807, 2.05) is 0 Å². The standard InChI is InChI=1S/C25H48N2O3/c1-3-5-7-9-11-13-15-17-19-25(24(27)30,22(28)21-23(26)29)20-18-16-14-12-10-8-6-4-2/h3-21H2,1-2H3,(H2,26,29)(H2,27,30). The number of hydrogen-bond acceptors (Lipinski definition) is 3. The highest BCUT2D eigenvalue weighted by atomic mass is 16.2. The van der Waals surface area contributed by atoms with Gasteiger partial charge in [-0.05, 0) is 12.8 Å². The van der Waals surface area contributed by atoms with Crippen molar-refractivity contribution in [1.82, 2.24) is 0 Å². The van der Waals surface area contributed by atoms with Crippen molar-refractivity contribution in [3.63, 3.8) is 0 Å². The molecular weight excluding hydrogens is 376 g/mol. The highest BCUT2D eigenvalue weighted by Gasteiger charge is 2.43. The number of Topliss-reactive ketones (excluding diaryl/α,β-unsaturated/α-hetero) is 1. The highest BCUT2D eigenvalue weighted by molar-refractivity contribution is 6.11. The zero-order valence-corrected chi connectivity index (χ0v) is 19.8. The summed E-state index contributed by atoms with van der Waals surface area (Å²) in [6.45, 7) is 4.41. The molecule has 0 spiro atoms. The van der Waals surface area contributed by atoms with Gasteiger partial charge in [0, 0.05) is 0 Å². The third kappa shape index (κ3) is 13.0. The van der Waals surface area contributed by atoms with Crippen LogP contribution in [0.2, 0.25) is 0 Å². The number of rotatable bonds is 22. The number of nitrogens with two attached hydrogens (primary N) is 2. The lowest BCUT2D eigenvalue weighted by molar-refractivity contribution is -0.142. The molecule has 2 amide bonds. The molecule has 0 unspecified atom stereocenters. The van der Waals surface area contributed by atoms with Crippen molar-refractivity contribution in [1.29, 1.82) is 0 Å². The molecule has 0 aromatic rings. The Balaban J connectivity index is 4.58. The maximum atomic E-state index is 12.8. The third-order valence-corrected chi connectivity index (χ3v) is 6.25. The fraction of sp³-hybridized carbons (Fsp3) is 0.880. The fourth-order valence-electron chi connectivity index (χ4n) is 4.24. The summed E-state index contributed by atoms with van der Waals surface area (Å²) in [6.07, 6.45) is 18.7. The average molecular weight is 425 g/mol. The van der Waals surface area contributed by atoms with E-state index in [2.05, 4.69) is 13.8 Å². The molecule has 0 saturated carbocycles. The number of ketones is 1. The minimum atomic E-state index is -1.22. The Labute approximate surface area is 185 Å². The molecular formula is C25H48N2O3. The number of primary amides is 2. The monoisotopic (exact) mass is 424 g/mol. The Morgan fingerprint density at radius 2 is 0.900 bits per heavy atom. The predicted molar refractivity (Wildman–Crippen MR) is 125 cm³/mol. The van der Waals surface area contributed by atoms with E-state index >= 15 is 0 Å². The molecule has 0 aliphatic heterocycles. The lowest BCUT2D eigenvalue weighted by Gasteiger charge is -2.29. The lowest BCUT2D eigenvalue weighted by atomic mass is 9.72. The van der Waals surface area contributed by atoms with Gasteiger partial charge in [-0.25, -0.2) is 0 Å². The van der Waals surface area contributed by atoms with Crippen molar-refractivity contribution < 1.29 is 14.4 Å². The van der Waals surface area contributed by atoms with E-state index in [0.717, 1.165) is 38.5 Å². The van der Waals surface area contributed by atoms with Gasteiger partial charge in [0.2, 0.25) is 11.8 Å². The lowest BCUT2D eigenvalue weighted by Crippen LogP contribution is -2.45. The van der Waals surface area contributed by atoms with Gasteiger partial charge in [0.25, 0.3) is 0 Å². The number of unbranched alkanes of at least 4 members (excludes halogenated alkanes) is 14. The van der Waals surface area contributed by atoms with Gasteiger partial charge >= 0.3 is 0 Å². The molecule has 0 rings (SSSR count). The van der Waals surface area contributed by atoms with Crippen LogP contribution in [0.25, 0.3) is 0 Å². The molecule has 0 saturated heterocycles. The van der Waals surface area contributed by atoms with Gasteiger partial charge in [-0.2, -0.15) is 0 Å². The molecule has 0 radical (unpaired) electrons. The van der Waals surface area contributed by atoms with E-state index in [-0.39, 0.29) is 5.78 Å². The number of carbonyl (C=O) groups is 3. The third-order valence-electron chi connectivity index (χ3n) is 6.25. The van der Waals surface area contributed by atoms with Crippen molar-refractivity contribution in [3.05, 3.63) is 0 Å². The molecule has 30 heavy (non-hydrogen) atoms. The summed E-state index contributed by atoms with van der Waals surface area (Å²) >= 11 is 0. The molecule has 176 valence electrons. The largest absolute Gasteiger partial charge is 0.369 e. The molecule has 0 atom stereocenters. The van der Waals surface area contributed by atoms with E-state index in [0.29, 0.717) is 12.8 Å². The van der Waals surface area contributed by atoms with Gasteiger partial charge in [0.05, 0.1) is 6.42 Å². The summed E-state index contributed by atoms with van der Waals surface area (Å²) < 4.78 is 0. The first kappa shape index (κ1) is 28.6. The maximum absolute atomic E-state index is 12.8. The Hall–Kier alpha value is -1.39. The van der Waals surface area contributed by atoms with Crippen molar-refractivity contribution in [2.75, 3.05) is 0 Å². The Kier molecular flexibility index (Phi) is 17.5. The van der Waals surface area contributed by atoms with Crippen LogP contribution in [-0.2, 0) is 14.4 Å². The first-order valence-electron chi connectivity index (χ1n) is 12.5.